The molecule has 3 rings (SSSR count). The van der Waals surface area contributed by atoms with Gasteiger partial charge in [0.2, 0.25) is 0 Å². The third kappa shape index (κ3) is 4.23. The summed E-state index contributed by atoms with van der Waals surface area (Å²) >= 11 is 0. The number of nitrogens with zero attached hydrogens (tertiary/aromatic N) is 1. The summed E-state index contributed by atoms with van der Waals surface area (Å²) in [7, 11) is 0. The van der Waals surface area contributed by atoms with Gasteiger partial charge >= 0.3 is 0 Å². The third-order valence-corrected chi connectivity index (χ3v) is 4.75. The van der Waals surface area contributed by atoms with Crippen LogP contribution in [0.3, 0.4) is 0 Å². The second-order valence-electron chi connectivity index (χ2n) is 6.88. The molecule has 0 bridgehead atoms. The van der Waals surface area contributed by atoms with Crippen LogP contribution in [0.25, 0.3) is 10.9 Å². The van der Waals surface area contributed by atoms with E-state index < -0.39 is 0 Å². The van der Waals surface area contributed by atoms with Crippen LogP contribution in [0.2, 0.25) is 0 Å². The van der Waals surface area contributed by atoms with Crippen LogP contribution in [0.15, 0.2) is 36.9 Å². The van der Waals surface area contributed by atoms with Crippen molar-refractivity contribution in [2.45, 2.75) is 38.8 Å². The van der Waals surface area contributed by atoms with E-state index in [2.05, 4.69) is 35.6 Å². The molecule has 0 aliphatic carbocycles. The van der Waals surface area contributed by atoms with Gasteiger partial charge in [0, 0.05) is 36.6 Å². The van der Waals surface area contributed by atoms with Crippen LogP contribution in [0, 0.1) is 0 Å². The first-order chi connectivity index (χ1) is 12.1. The number of aromatic nitrogens is 1. The number of piperidine rings is 1. The molecule has 1 fully saturated rings. The number of benzene rings is 1. The molecule has 1 saturated heterocycles. The van der Waals surface area contributed by atoms with Crippen molar-refractivity contribution in [1.82, 2.24) is 15.2 Å². The van der Waals surface area contributed by atoms with E-state index in [1.165, 1.54) is 0 Å². The molecule has 5 heteroatoms. The predicted octanol–water partition coefficient (Wildman–Crippen LogP) is 3.34. The molecule has 0 unspecified atom stereocenters. The number of fused-ring (bicyclic) bond motifs is 1. The van der Waals surface area contributed by atoms with Gasteiger partial charge in [-0.3, -0.25) is 4.79 Å². The zero-order valence-electron chi connectivity index (χ0n) is 15.0. The lowest BCUT2D eigenvalue weighted by Crippen LogP contribution is -2.41. The molecule has 1 aromatic carbocycles. The number of rotatable bonds is 6. The van der Waals surface area contributed by atoms with Crippen LogP contribution in [-0.4, -0.2) is 47.6 Å². The van der Waals surface area contributed by atoms with Crippen LogP contribution in [0.5, 0.6) is 5.75 Å². The van der Waals surface area contributed by atoms with Gasteiger partial charge in [-0.15, -0.1) is 6.58 Å². The summed E-state index contributed by atoms with van der Waals surface area (Å²) in [5.41, 5.74) is 1.49. The number of hydrogen-bond donors (Lipinski definition) is 2. The van der Waals surface area contributed by atoms with Gasteiger partial charge in [-0.1, -0.05) is 6.08 Å². The molecule has 2 aromatic rings. The molecule has 1 amide bonds. The predicted molar refractivity (Wildman–Crippen MR) is 101 cm³/mol. The molecule has 2 heterocycles. The molecular formula is C20H27N3O2. The Labute approximate surface area is 149 Å². The molecule has 0 spiro atoms. The van der Waals surface area contributed by atoms with E-state index in [0.29, 0.717) is 18.3 Å². The van der Waals surface area contributed by atoms with Crippen LogP contribution < -0.4 is 10.1 Å². The van der Waals surface area contributed by atoms with E-state index in [-0.39, 0.29) is 12.0 Å². The zero-order chi connectivity index (χ0) is 17.8. The van der Waals surface area contributed by atoms with E-state index in [1.807, 2.05) is 24.3 Å². The number of carbonyl (C=O) groups excluding carboxylic acids is 1. The Morgan fingerprint density at radius 1 is 1.40 bits per heavy atom. The topological polar surface area (TPSA) is 57.4 Å². The number of aromatic amines is 1. The first-order valence-electron chi connectivity index (χ1n) is 8.99. The van der Waals surface area contributed by atoms with Crippen molar-refractivity contribution < 1.29 is 9.53 Å². The highest BCUT2D eigenvalue weighted by Crippen LogP contribution is 2.25. The highest BCUT2D eigenvalue weighted by atomic mass is 16.5. The Morgan fingerprint density at radius 3 is 2.84 bits per heavy atom. The molecule has 1 aromatic heterocycles. The largest absolute Gasteiger partial charge is 0.490 e. The fourth-order valence-electron chi connectivity index (χ4n) is 3.27. The zero-order valence-corrected chi connectivity index (χ0v) is 15.0. The number of H-pyrrole nitrogens is 1. The van der Waals surface area contributed by atoms with Gasteiger partial charge in [0.05, 0.1) is 0 Å². The number of ether oxygens (including phenoxy) is 1. The van der Waals surface area contributed by atoms with Crippen molar-refractivity contribution in [2.75, 3.05) is 19.6 Å². The number of amides is 1. The van der Waals surface area contributed by atoms with Crippen molar-refractivity contribution in [3.05, 3.63) is 42.6 Å². The number of hydrogen-bond acceptors (Lipinski definition) is 3. The van der Waals surface area contributed by atoms with E-state index in [0.717, 1.165) is 42.6 Å². The van der Waals surface area contributed by atoms with Crippen molar-refractivity contribution in [3.8, 4) is 5.75 Å². The summed E-state index contributed by atoms with van der Waals surface area (Å²) < 4.78 is 6.17. The van der Waals surface area contributed by atoms with Crippen LogP contribution in [-0.2, 0) is 0 Å². The van der Waals surface area contributed by atoms with E-state index >= 15 is 0 Å². The van der Waals surface area contributed by atoms with Crippen molar-refractivity contribution in [2.24, 2.45) is 0 Å². The number of carbonyl (C=O) groups is 1. The van der Waals surface area contributed by atoms with Crippen molar-refractivity contribution >= 4 is 16.8 Å². The SMILES string of the molecule is C=CCNC(=O)c1cc2cc(OC3CCN(C(C)C)CC3)ccc2[nH]1. The first kappa shape index (κ1) is 17.5. The molecule has 1 aliphatic heterocycles. The lowest BCUT2D eigenvalue weighted by molar-refractivity contribution is 0.0844. The summed E-state index contributed by atoms with van der Waals surface area (Å²) in [6.45, 7) is 10.7. The molecule has 5 nitrogen and oxygen atoms in total. The Balaban J connectivity index is 1.65. The van der Waals surface area contributed by atoms with Gasteiger partial charge in [0.15, 0.2) is 0 Å². The summed E-state index contributed by atoms with van der Waals surface area (Å²) in [5, 5.41) is 3.77. The molecule has 134 valence electrons. The number of likely N-dealkylation sites (tertiary alicyclic amines) is 1. The smallest absolute Gasteiger partial charge is 0.267 e. The Kier molecular flexibility index (Phi) is 5.43. The normalized spacial score (nSPS) is 16.3. The maximum absolute atomic E-state index is 12.0. The summed E-state index contributed by atoms with van der Waals surface area (Å²) in [6.07, 6.45) is 4.04. The average molecular weight is 341 g/mol. The molecule has 25 heavy (non-hydrogen) atoms. The van der Waals surface area contributed by atoms with Gasteiger partial charge in [0.1, 0.15) is 17.5 Å². The van der Waals surface area contributed by atoms with Gasteiger partial charge in [0.25, 0.3) is 5.91 Å². The lowest BCUT2D eigenvalue weighted by Gasteiger charge is -2.34. The minimum Gasteiger partial charge on any atom is -0.490 e. The molecule has 0 atom stereocenters. The molecule has 2 N–H and O–H groups in total. The fourth-order valence-corrected chi connectivity index (χ4v) is 3.27. The Morgan fingerprint density at radius 2 is 2.16 bits per heavy atom. The quantitative estimate of drug-likeness (QED) is 0.792. The summed E-state index contributed by atoms with van der Waals surface area (Å²) in [6, 6.07) is 8.41. The highest BCUT2D eigenvalue weighted by Gasteiger charge is 2.22. The van der Waals surface area contributed by atoms with Crippen LogP contribution >= 0.6 is 0 Å². The van der Waals surface area contributed by atoms with Gasteiger partial charge in [-0.25, -0.2) is 0 Å². The summed E-state index contributed by atoms with van der Waals surface area (Å²) in [5.74, 6) is 0.743. The monoisotopic (exact) mass is 341 g/mol. The van der Waals surface area contributed by atoms with Gasteiger partial charge < -0.3 is 19.9 Å². The highest BCUT2D eigenvalue weighted by molar-refractivity contribution is 5.98. The second-order valence-corrected chi connectivity index (χ2v) is 6.88. The number of nitrogens with one attached hydrogen (secondary N) is 2. The second kappa shape index (κ2) is 7.74. The molecule has 0 saturated carbocycles. The first-order valence-corrected chi connectivity index (χ1v) is 8.99. The Bertz CT molecular complexity index is 742. The summed E-state index contributed by atoms with van der Waals surface area (Å²) in [4.78, 5) is 17.7. The molecule has 0 radical (unpaired) electrons. The lowest BCUT2D eigenvalue weighted by atomic mass is 10.1. The standard InChI is InChI=1S/C20H27N3O2/c1-4-9-21-20(24)19-13-15-12-17(5-6-18(15)22-19)25-16-7-10-23(11-8-16)14(2)3/h4-6,12-14,16,22H,1,7-11H2,2-3H3,(H,21,24). The Hall–Kier alpha value is -2.27. The van der Waals surface area contributed by atoms with Gasteiger partial charge in [-0.2, -0.15) is 0 Å². The maximum Gasteiger partial charge on any atom is 0.267 e. The third-order valence-electron chi connectivity index (χ3n) is 4.75. The van der Waals surface area contributed by atoms with Gasteiger partial charge in [-0.05, 0) is 51.0 Å². The van der Waals surface area contributed by atoms with Crippen LogP contribution in [0.4, 0.5) is 0 Å². The van der Waals surface area contributed by atoms with Crippen molar-refractivity contribution in [1.29, 1.82) is 0 Å². The van der Waals surface area contributed by atoms with E-state index in [1.54, 1.807) is 6.08 Å². The van der Waals surface area contributed by atoms with Crippen molar-refractivity contribution in [3.63, 3.8) is 0 Å². The minimum absolute atomic E-state index is 0.125. The average Bonchev–Trinajstić information content (AvgIpc) is 3.03. The van der Waals surface area contributed by atoms with E-state index in [4.69, 9.17) is 4.74 Å². The van der Waals surface area contributed by atoms with Crippen LogP contribution in [0.1, 0.15) is 37.2 Å². The molecule has 1 aliphatic rings. The van der Waals surface area contributed by atoms with E-state index in [9.17, 15) is 4.79 Å². The molecular weight excluding hydrogens is 314 g/mol. The maximum atomic E-state index is 12.0. The minimum atomic E-state index is -0.125. The fraction of sp³-hybridized carbons (Fsp3) is 0.450.